The molecule has 0 N–H and O–H groups in total. The number of thioether (sulfide) groups is 1. The highest BCUT2D eigenvalue weighted by Gasteiger charge is 2.17. The first kappa shape index (κ1) is 10.1. The number of hydrogen-bond acceptors (Lipinski definition) is 4. The lowest BCUT2D eigenvalue weighted by atomic mass is 10.3. The first-order chi connectivity index (χ1) is 6.68. The monoisotopic (exact) mass is 227 g/mol. The lowest BCUT2D eigenvalue weighted by molar-refractivity contribution is 0.102. The van der Waals surface area contributed by atoms with Crippen molar-refractivity contribution >= 4 is 34.6 Å². The minimum Gasteiger partial charge on any atom is -0.373 e. The minimum absolute atomic E-state index is 0.178. The topological polar surface area (TPSA) is 20.3 Å². The second-order valence-corrected chi connectivity index (χ2v) is 5.88. The summed E-state index contributed by atoms with van der Waals surface area (Å²) in [6.45, 7) is 2.73. The van der Waals surface area contributed by atoms with E-state index in [-0.39, 0.29) is 5.78 Å². The molecule has 2 heterocycles. The van der Waals surface area contributed by atoms with E-state index in [9.17, 15) is 4.79 Å². The number of fused-ring (bicyclic) bond motifs is 1. The van der Waals surface area contributed by atoms with Crippen LogP contribution in [0.1, 0.15) is 23.0 Å². The summed E-state index contributed by atoms with van der Waals surface area (Å²) in [7, 11) is 2.10. The van der Waals surface area contributed by atoms with Crippen molar-refractivity contribution in [2.24, 2.45) is 0 Å². The zero-order valence-electron chi connectivity index (χ0n) is 8.37. The van der Waals surface area contributed by atoms with Crippen molar-refractivity contribution in [2.45, 2.75) is 17.6 Å². The molecule has 0 radical (unpaired) electrons. The zero-order chi connectivity index (χ0) is 10.1. The van der Waals surface area contributed by atoms with Gasteiger partial charge in [0.1, 0.15) is 0 Å². The van der Waals surface area contributed by atoms with Gasteiger partial charge in [0.05, 0.1) is 14.8 Å². The van der Waals surface area contributed by atoms with Crippen LogP contribution in [0.15, 0.2) is 10.3 Å². The van der Waals surface area contributed by atoms with Gasteiger partial charge in [0.2, 0.25) is 0 Å². The van der Waals surface area contributed by atoms with Crippen molar-refractivity contribution in [3.63, 3.8) is 0 Å². The fraction of sp³-hybridized carbons (Fsp3) is 0.500. The molecule has 0 amide bonds. The van der Waals surface area contributed by atoms with Crippen LogP contribution in [0, 0.1) is 0 Å². The maximum atomic E-state index is 11.2. The van der Waals surface area contributed by atoms with Gasteiger partial charge < -0.3 is 4.90 Å². The lowest BCUT2D eigenvalue weighted by Gasteiger charge is -2.15. The van der Waals surface area contributed by atoms with Gasteiger partial charge in [-0.05, 0) is 19.4 Å². The van der Waals surface area contributed by atoms with Crippen molar-refractivity contribution in [1.29, 1.82) is 0 Å². The number of carbonyl (C=O) groups excluding carboxylic acids is 1. The maximum absolute atomic E-state index is 11.2. The van der Waals surface area contributed by atoms with Crippen LogP contribution in [-0.2, 0) is 0 Å². The van der Waals surface area contributed by atoms with Gasteiger partial charge in [-0.25, -0.2) is 0 Å². The Hall–Kier alpha value is -0.480. The molecular formula is C10H13NOS2. The molecule has 0 bridgehead atoms. The van der Waals surface area contributed by atoms with Crippen molar-refractivity contribution in [3.8, 4) is 0 Å². The molecule has 2 rings (SSSR count). The Kier molecular flexibility index (Phi) is 2.83. The Labute approximate surface area is 92.3 Å². The molecule has 1 aliphatic rings. The van der Waals surface area contributed by atoms with Crippen molar-refractivity contribution < 1.29 is 4.79 Å². The summed E-state index contributed by atoms with van der Waals surface area (Å²) < 4.78 is 1.30. The smallest absolute Gasteiger partial charge is 0.169 e. The van der Waals surface area contributed by atoms with Gasteiger partial charge in [0.15, 0.2) is 5.78 Å². The number of rotatable bonds is 1. The molecule has 0 aliphatic carbocycles. The van der Waals surface area contributed by atoms with Crippen molar-refractivity contribution in [2.75, 3.05) is 24.2 Å². The summed E-state index contributed by atoms with van der Waals surface area (Å²) in [5.41, 5.74) is 1.24. The van der Waals surface area contributed by atoms with E-state index in [1.165, 1.54) is 16.3 Å². The number of thiophene rings is 1. The van der Waals surface area contributed by atoms with Gasteiger partial charge in [-0.1, -0.05) is 0 Å². The second-order valence-electron chi connectivity index (χ2n) is 3.46. The second kappa shape index (κ2) is 3.95. The summed E-state index contributed by atoms with van der Waals surface area (Å²) in [5, 5.41) is 0. The van der Waals surface area contributed by atoms with Crippen molar-refractivity contribution in [3.05, 3.63) is 10.9 Å². The molecule has 1 aromatic rings. The predicted octanol–water partition coefficient (Wildman–Crippen LogP) is 2.88. The Morgan fingerprint density at radius 1 is 1.57 bits per heavy atom. The third-order valence-corrected chi connectivity index (χ3v) is 4.90. The molecule has 1 aromatic heterocycles. The summed E-state index contributed by atoms with van der Waals surface area (Å²) in [6.07, 6.45) is 1.22. The quantitative estimate of drug-likeness (QED) is 0.688. The van der Waals surface area contributed by atoms with E-state index < -0.39 is 0 Å². The number of ketones is 1. The number of hydrogen-bond donors (Lipinski definition) is 0. The number of Topliss-reactive ketones (excluding diaryl/α,β-unsaturated/α-hetero) is 1. The molecule has 0 saturated heterocycles. The fourth-order valence-corrected chi connectivity index (χ4v) is 3.90. The predicted molar refractivity (Wildman–Crippen MR) is 62.9 cm³/mol. The highest BCUT2D eigenvalue weighted by atomic mass is 32.2. The van der Waals surface area contributed by atoms with Gasteiger partial charge in [-0.3, -0.25) is 4.79 Å². The van der Waals surface area contributed by atoms with Crippen LogP contribution < -0.4 is 4.90 Å². The third kappa shape index (κ3) is 1.81. The van der Waals surface area contributed by atoms with E-state index >= 15 is 0 Å². The van der Waals surface area contributed by atoms with E-state index in [4.69, 9.17) is 0 Å². The Morgan fingerprint density at radius 2 is 2.36 bits per heavy atom. The fourth-order valence-electron chi connectivity index (χ4n) is 1.49. The van der Waals surface area contributed by atoms with Crippen LogP contribution in [0.2, 0.25) is 0 Å². The highest BCUT2D eigenvalue weighted by Crippen LogP contribution is 2.40. The molecule has 1 aliphatic heterocycles. The van der Waals surface area contributed by atoms with Crippen LogP contribution >= 0.6 is 23.1 Å². The zero-order valence-corrected chi connectivity index (χ0v) is 10.0. The average molecular weight is 227 g/mol. The number of nitrogens with zero attached hydrogens (tertiary/aromatic N) is 1. The largest absolute Gasteiger partial charge is 0.373 e. The lowest BCUT2D eigenvalue weighted by Crippen LogP contribution is -2.17. The summed E-state index contributed by atoms with van der Waals surface area (Å²) in [5.74, 6) is 1.34. The van der Waals surface area contributed by atoms with E-state index in [0.717, 1.165) is 17.2 Å². The Morgan fingerprint density at radius 3 is 3.07 bits per heavy atom. The van der Waals surface area contributed by atoms with E-state index in [1.807, 2.05) is 17.8 Å². The van der Waals surface area contributed by atoms with Crippen LogP contribution in [0.4, 0.5) is 5.69 Å². The van der Waals surface area contributed by atoms with Gasteiger partial charge in [0, 0.05) is 19.3 Å². The average Bonchev–Trinajstić information content (AvgIpc) is 2.49. The molecule has 0 unspecified atom stereocenters. The first-order valence-corrected chi connectivity index (χ1v) is 6.47. The number of carbonyl (C=O) groups is 1. The van der Waals surface area contributed by atoms with Gasteiger partial charge in [0.25, 0.3) is 0 Å². The maximum Gasteiger partial charge on any atom is 0.169 e. The van der Waals surface area contributed by atoms with Gasteiger partial charge >= 0.3 is 0 Å². The molecule has 0 fully saturated rings. The van der Waals surface area contributed by atoms with Crippen LogP contribution in [0.3, 0.4) is 0 Å². The minimum atomic E-state index is 0.178. The molecule has 0 atom stereocenters. The molecule has 76 valence electrons. The third-order valence-electron chi connectivity index (χ3n) is 2.31. The SMILES string of the molecule is CC(=O)c1cc2c(s1)SCCCN2C. The number of anilines is 1. The molecule has 4 heteroatoms. The summed E-state index contributed by atoms with van der Waals surface area (Å²) >= 11 is 3.51. The van der Waals surface area contributed by atoms with Crippen LogP contribution in [0.25, 0.3) is 0 Å². The van der Waals surface area contributed by atoms with E-state index in [2.05, 4.69) is 11.9 Å². The van der Waals surface area contributed by atoms with Gasteiger partial charge in [-0.2, -0.15) is 0 Å². The Balaban J connectivity index is 2.38. The standard InChI is InChI=1S/C10H13NOS2/c1-7(12)9-6-8-10(14-9)13-5-3-4-11(8)2/h6H,3-5H2,1-2H3. The first-order valence-electron chi connectivity index (χ1n) is 4.67. The van der Waals surface area contributed by atoms with E-state index in [1.54, 1.807) is 18.3 Å². The van der Waals surface area contributed by atoms with Gasteiger partial charge in [-0.15, -0.1) is 23.1 Å². The molecule has 0 spiro atoms. The van der Waals surface area contributed by atoms with Crippen LogP contribution in [-0.4, -0.2) is 25.1 Å². The van der Waals surface area contributed by atoms with Crippen LogP contribution in [0.5, 0.6) is 0 Å². The summed E-state index contributed by atoms with van der Waals surface area (Å²) in [6, 6.07) is 2.03. The molecule has 14 heavy (non-hydrogen) atoms. The summed E-state index contributed by atoms with van der Waals surface area (Å²) in [4.78, 5) is 14.4. The Bertz CT molecular complexity index is 359. The molecule has 0 saturated carbocycles. The molecular weight excluding hydrogens is 214 g/mol. The van der Waals surface area contributed by atoms with Crippen molar-refractivity contribution in [1.82, 2.24) is 0 Å². The highest BCUT2D eigenvalue weighted by molar-refractivity contribution is 8.01. The molecule has 2 nitrogen and oxygen atoms in total. The van der Waals surface area contributed by atoms with E-state index in [0.29, 0.717) is 0 Å². The molecule has 0 aromatic carbocycles. The normalized spacial score (nSPS) is 16.3.